The lowest BCUT2D eigenvalue weighted by molar-refractivity contribution is -0.161. The van der Waals surface area contributed by atoms with Gasteiger partial charge in [-0.25, -0.2) is 9.13 Å². The molecule has 0 saturated heterocycles. The molecule has 77 heavy (non-hydrogen) atoms. The van der Waals surface area contributed by atoms with Crippen LogP contribution in [0, 0.1) is 5.92 Å². The first-order valence-corrected chi connectivity index (χ1v) is 33.6. The molecule has 5 atom stereocenters. The van der Waals surface area contributed by atoms with Gasteiger partial charge in [0.15, 0.2) is 12.2 Å². The molecule has 0 spiro atoms. The summed E-state index contributed by atoms with van der Waals surface area (Å²) >= 11 is 0. The quantitative estimate of drug-likeness (QED) is 0.0222. The van der Waals surface area contributed by atoms with Crippen LogP contribution in [0.3, 0.4) is 0 Å². The molecule has 0 heterocycles. The van der Waals surface area contributed by atoms with Gasteiger partial charge in [0.25, 0.3) is 0 Å². The first kappa shape index (κ1) is 75.1. The van der Waals surface area contributed by atoms with E-state index in [0.717, 1.165) is 128 Å². The molecule has 0 aliphatic rings. The Kier molecular flexibility index (Phi) is 50.8. The number of rotatable bonds is 58. The topological polar surface area (TPSA) is 237 Å². The number of hydrogen-bond acceptors (Lipinski definition) is 15. The van der Waals surface area contributed by atoms with Gasteiger partial charge in [-0.3, -0.25) is 37.3 Å². The molecule has 0 aliphatic carbocycles. The van der Waals surface area contributed by atoms with Gasteiger partial charge in [0.2, 0.25) is 0 Å². The molecule has 0 aromatic rings. The molecule has 0 aliphatic heterocycles. The van der Waals surface area contributed by atoms with Crippen molar-refractivity contribution in [1.29, 1.82) is 0 Å². The van der Waals surface area contributed by atoms with E-state index in [1.165, 1.54) is 77.0 Å². The monoisotopic (exact) mass is 1140 g/mol. The summed E-state index contributed by atoms with van der Waals surface area (Å²) in [6.45, 7) is 7.05. The third-order valence-corrected chi connectivity index (χ3v) is 15.2. The lowest BCUT2D eigenvalue weighted by atomic mass is 10.0. The number of unbranched alkanes of at least 4 members (excludes halogenated alkanes) is 30. The van der Waals surface area contributed by atoms with Crippen LogP contribution in [0.4, 0.5) is 0 Å². The Morgan fingerprint density at radius 1 is 0.351 bits per heavy atom. The number of hydrogen-bond donors (Lipinski definition) is 3. The van der Waals surface area contributed by atoms with E-state index in [1.807, 2.05) is 0 Å². The molecule has 3 N–H and O–H groups in total. The Bertz CT molecular complexity index is 1520. The summed E-state index contributed by atoms with van der Waals surface area (Å²) in [5, 5.41) is 10.5. The molecule has 0 radical (unpaired) electrons. The van der Waals surface area contributed by atoms with Gasteiger partial charge in [-0.2, -0.15) is 0 Å². The van der Waals surface area contributed by atoms with Crippen LogP contribution < -0.4 is 0 Å². The van der Waals surface area contributed by atoms with Crippen molar-refractivity contribution in [2.75, 3.05) is 39.6 Å². The van der Waals surface area contributed by atoms with Crippen molar-refractivity contribution in [2.24, 2.45) is 5.92 Å². The molecule has 0 rings (SSSR count). The van der Waals surface area contributed by atoms with Crippen molar-refractivity contribution in [1.82, 2.24) is 0 Å². The highest BCUT2D eigenvalue weighted by molar-refractivity contribution is 7.47. The number of ether oxygens (including phenoxy) is 4. The predicted octanol–water partition coefficient (Wildman–Crippen LogP) is 15.5. The summed E-state index contributed by atoms with van der Waals surface area (Å²) in [6.07, 6.45) is 33.7. The summed E-state index contributed by atoms with van der Waals surface area (Å²) in [7, 11) is -9.86. The number of carbonyl (C=O) groups excluding carboxylic acids is 4. The Hall–Kier alpha value is -1.94. The van der Waals surface area contributed by atoms with Gasteiger partial charge in [0, 0.05) is 25.7 Å². The van der Waals surface area contributed by atoms with Gasteiger partial charge in [-0.05, 0) is 31.6 Å². The fourth-order valence-electron chi connectivity index (χ4n) is 8.52. The normalized spacial score (nSPS) is 14.4. The molecule has 19 heteroatoms. The number of aliphatic hydroxyl groups excluding tert-OH is 1. The zero-order valence-corrected chi connectivity index (χ0v) is 50.9. The molecule has 2 unspecified atom stereocenters. The maximum Gasteiger partial charge on any atom is 0.472 e. The highest BCUT2D eigenvalue weighted by atomic mass is 31.2. The minimum Gasteiger partial charge on any atom is -0.462 e. The lowest BCUT2D eigenvalue weighted by Gasteiger charge is -2.21. The first-order chi connectivity index (χ1) is 37.0. The largest absolute Gasteiger partial charge is 0.472 e. The second kappa shape index (κ2) is 52.2. The minimum atomic E-state index is -4.93. The maximum absolute atomic E-state index is 12.9. The van der Waals surface area contributed by atoms with Crippen LogP contribution in [-0.2, 0) is 65.4 Å². The Morgan fingerprint density at radius 3 is 0.883 bits per heavy atom. The van der Waals surface area contributed by atoms with Crippen molar-refractivity contribution in [2.45, 2.75) is 303 Å². The van der Waals surface area contributed by atoms with Gasteiger partial charge in [-0.15, -0.1) is 0 Å². The summed E-state index contributed by atoms with van der Waals surface area (Å²) in [6, 6.07) is 0. The molecule has 0 aromatic heterocycles. The van der Waals surface area contributed by atoms with E-state index in [2.05, 4.69) is 34.6 Å². The molecule has 0 fully saturated rings. The van der Waals surface area contributed by atoms with Crippen LogP contribution in [-0.4, -0.2) is 96.7 Å². The molecule has 0 bridgehead atoms. The number of aliphatic hydroxyl groups is 1. The van der Waals surface area contributed by atoms with E-state index >= 15 is 0 Å². The van der Waals surface area contributed by atoms with E-state index in [-0.39, 0.29) is 25.7 Å². The summed E-state index contributed by atoms with van der Waals surface area (Å²) in [4.78, 5) is 71.6. The molecular formula is C58H112O17P2. The van der Waals surface area contributed by atoms with Gasteiger partial charge in [0.05, 0.1) is 26.4 Å². The third kappa shape index (κ3) is 53.2. The second-order valence-corrected chi connectivity index (χ2v) is 24.4. The maximum atomic E-state index is 12.9. The van der Waals surface area contributed by atoms with Crippen molar-refractivity contribution in [3.05, 3.63) is 0 Å². The third-order valence-electron chi connectivity index (χ3n) is 13.3. The lowest BCUT2D eigenvalue weighted by Crippen LogP contribution is -2.30. The van der Waals surface area contributed by atoms with E-state index in [1.54, 1.807) is 0 Å². The number of esters is 4. The van der Waals surface area contributed by atoms with Crippen LogP contribution >= 0.6 is 15.6 Å². The summed E-state index contributed by atoms with van der Waals surface area (Å²) < 4.78 is 67.5. The number of carbonyl (C=O) groups is 4. The van der Waals surface area contributed by atoms with Crippen LogP contribution in [0.15, 0.2) is 0 Å². The van der Waals surface area contributed by atoms with Gasteiger partial charge >= 0.3 is 39.5 Å². The minimum absolute atomic E-state index is 0.103. The molecule has 456 valence electrons. The van der Waals surface area contributed by atoms with E-state index in [4.69, 9.17) is 37.0 Å². The molecule has 0 amide bonds. The second-order valence-electron chi connectivity index (χ2n) is 21.5. The zero-order valence-electron chi connectivity index (χ0n) is 49.1. The Labute approximate surface area is 467 Å². The van der Waals surface area contributed by atoms with Gasteiger partial charge in [-0.1, -0.05) is 234 Å². The van der Waals surface area contributed by atoms with Crippen LogP contribution in [0.1, 0.15) is 285 Å². The smallest absolute Gasteiger partial charge is 0.462 e. The zero-order chi connectivity index (χ0) is 57.1. The summed E-state index contributed by atoms with van der Waals surface area (Å²) in [5.41, 5.74) is 0. The number of phosphoric acid groups is 2. The molecule has 0 aromatic carbocycles. The predicted molar refractivity (Wildman–Crippen MR) is 303 cm³/mol. The average molecular weight is 1140 g/mol. The number of phosphoric ester groups is 2. The molecule has 0 saturated carbocycles. The average Bonchev–Trinajstić information content (AvgIpc) is 3.39. The van der Waals surface area contributed by atoms with Crippen molar-refractivity contribution >= 4 is 39.5 Å². The highest BCUT2D eigenvalue weighted by Gasteiger charge is 2.30. The van der Waals surface area contributed by atoms with Crippen LogP contribution in [0.2, 0.25) is 0 Å². The van der Waals surface area contributed by atoms with Gasteiger partial charge < -0.3 is 33.8 Å². The van der Waals surface area contributed by atoms with Crippen LogP contribution in [0.5, 0.6) is 0 Å². The Balaban J connectivity index is 5.15. The fourth-order valence-corrected chi connectivity index (χ4v) is 10.1. The van der Waals surface area contributed by atoms with E-state index < -0.39 is 97.5 Å². The molecular weight excluding hydrogens is 1030 g/mol. The molecule has 17 nitrogen and oxygen atoms in total. The highest BCUT2D eigenvalue weighted by Crippen LogP contribution is 2.45. The van der Waals surface area contributed by atoms with E-state index in [0.29, 0.717) is 25.7 Å². The standard InChI is InChI=1S/C58H112O17P2/c1-6-9-12-15-18-28-32-37-42-56(61)69-48-54(75-58(63)44-39-34-29-24-22-20-19-21-23-27-30-35-40-51(4)5)50-73-77(66,67)71-46-52(59)45-70-76(64,65)72-49-53(74-57(62)43-38-33-26-17-14-11-8-3)47-68-55(60)41-36-31-25-16-13-10-7-2/h51-54,59H,6-50H2,1-5H3,(H,64,65)(H,66,67)/t52-,53+,54+/m0/s1. The van der Waals surface area contributed by atoms with Crippen molar-refractivity contribution in [3.63, 3.8) is 0 Å². The first-order valence-electron chi connectivity index (χ1n) is 30.6. The van der Waals surface area contributed by atoms with Crippen molar-refractivity contribution in [3.8, 4) is 0 Å². The Morgan fingerprint density at radius 2 is 0.597 bits per heavy atom. The summed E-state index contributed by atoms with van der Waals surface area (Å²) in [5.74, 6) is -1.38. The van der Waals surface area contributed by atoms with Crippen molar-refractivity contribution < 1.29 is 80.2 Å². The fraction of sp³-hybridized carbons (Fsp3) is 0.931. The van der Waals surface area contributed by atoms with E-state index in [9.17, 15) is 43.2 Å². The van der Waals surface area contributed by atoms with Crippen LogP contribution in [0.25, 0.3) is 0 Å². The van der Waals surface area contributed by atoms with Gasteiger partial charge in [0.1, 0.15) is 19.3 Å². The SMILES string of the molecule is CCCCCCCCCCC(=O)OC[C@H](COP(=O)(O)OC[C@@H](O)COP(=O)(O)OC[C@@H](COC(=O)CCCCCCCCC)OC(=O)CCCCCCCCC)OC(=O)CCCCCCCCCCCCCCC(C)C.